The summed E-state index contributed by atoms with van der Waals surface area (Å²) >= 11 is 0. The van der Waals surface area contributed by atoms with E-state index in [-0.39, 0.29) is 22.7 Å². The number of rotatable bonds is 5. The van der Waals surface area contributed by atoms with Crippen LogP contribution in [0.4, 0.5) is 5.69 Å². The smallest absolute Gasteiger partial charge is 0.294 e. The summed E-state index contributed by atoms with van der Waals surface area (Å²) < 4.78 is 26.2. The predicted octanol–water partition coefficient (Wildman–Crippen LogP) is 1.02. The van der Waals surface area contributed by atoms with Gasteiger partial charge in [0, 0.05) is 11.3 Å². The van der Waals surface area contributed by atoms with Crippen LogP contribution in [0, 0.1) is 0 Å². The van der Waals surface area contributed by atoms with Crippen molar-refractivity contribution in [3.63, 3.8) is 0 Å². The standard InChI is InChI=1S/C18H17N5O5S/c1-29(27,28)22-13-7-5-6-12(10-13)17(25)19-20-18(26)16-15(24)11-23(21-16)14-8-3-2-4-9-14/h2-11,22,24H,1H3,(H,19,25)(H,20,26). The van der Waals surface area contributed by atoms with Crippen molar-refractivity contribution in [2.45, 2.75) is 0 Å². The number of benzene rings is 2. The highest BCUT2D eigenvalue weighted by atomic mass is 32.2. The highest BCUT2D eigenvalue weighted by Crippen LogP contribution is 2.18. The summed E-state index contributed by atoms with van der Waals surface area (Å²) in [6.45, 7) is 0. The van der Waals surface area contributed by atoms with Crippen molar-refractivity contribution >= 4 is 27.5 Å². The fourth-order valence-electron chi connectivity index (χ4n) is 2.42. The minimum absolute atomic E-state index is 0.109. The lowest BCUT2D eigenvalue weighted by Gasteiger charge is -2.08. The van der Waals surface area contributed by atoms with Crippen molar-refractivity contribution in [3.8, 4) is 11.4 Å². The number of hydrogen-bond acceptors (Lipinski definition) is 6. The second-order valence-electron chi connectivity index (χ2n) is 6.01. The normalized spacial score (nSPS) is 10.9. The summed E-state index contributed by atoms with van der Waals surface area (Å²) in [5.41, 5.74) is 5.02. The van der Waals surface area contributed by atoms with Gasteiger partial charge in [-0.05, 0) is 30.3 Å². The first kappa shape index (κ1) is 19.9. The van der Waals surface area contributed by atoms with Crippen molar-refractivity contribution in [1.82, 2.24) is 20.6 Å². The molecule has 0 atom stereocenters. The second-order valence-corrected chi connectivity index (χ2v) is 7.75. The van der Waals surface area contributed by atoms with Crippen LogP contribution in [0.15, 0.2) is 60.8 Å². The molecule has 0 radical (unpaired) electrons. The number of amides is 2. The van der Waals surface area contributed by atoms with E-state index < -0.39 is 21.8 Å². The van der Waals surface area contributed by atoms with E-state index in [0.29, 0.717) is 5.69 Å². The van der Waals surface area contributed by atoms with E-state index in [1.54, 1.807) is 24.3 Å². The van der Waals surface area contributed by atoms with Gasteiger partial charge >= 0.3 is 0 Å². The zero-order chi connectivity index (χ0) is 21.0. The number of hydrazine groups is 1. The quantitative estimate of drug-likeness (QED) is 0.458. The summed E-state index contributed by atoms with van der Waals surface area (Å²) in [4.78, 5) is 24.5. The lowest BCUT2D eigenvalue weighted by molar-refractivity contribution is 0.0842. The minimum Gasteiger partial charge on any atom is -0.504 e. The number of aromatic hydroxyl groups is 1. The molecule has 0 bridgehead atoms. The molecule has 0 unspecified atom stereocenters. The average molecular weight is 415 g/mol. The number of aromatic nitrogens is 2. The van der Waals surface area contributed by atoms with E-state index in [1.807, 2.05) is 6.07 Å². The van der Waals surface area contributed by atoms with Gasteiger partial charge in [-0.1, -0.05) is 24.3 Å². The van der Waals surface area contributed by atoms with Crippen molar-refractivity contribution in [3.05, 3.63) is 72.1 Å². The Morgan fingerprint density at radius 2 is 1.69 bits per heavy atom. The van der Waals surface area contributed by atoms with Crippen molar-refractivity contribution < 1.29 is 23.1 Å². The van der Waals surface area contributed by atoms with Gasteiger partial charge in [-0.2, -0.15) is 5.10 Å². The number of nitrogens with one attached hydrogen (secondary N) is 3. The summed E-state index contributed by atoms with van der Waals surface area (Å²) in [5, 5.41) is 14.0. The maximum absolute atomic E-state index is 12.2. The van der Waals surface area contributed by atoms with Crippen LogP contribution in [0.2, 0.25) is 0 Å². The summed E-state index contributed by atoms with van der Waals surface area (Å²) in [6, 6.07) is 14.6. The molecule has 150 valence electrons. The molecule has 0 aliphatic heterocycles. The van der Waals surface area contributed by atoms with E-state index >= 15 is 0 Å². The van der Waals surface area contributed by atoms with Crippen LogP contribution >= 0.6 is 0 Å². The van der Waals surface area contributed by atoms with Gasteiger partial charge in [0.25, 0.3) is 11.8 Å². The number of anilines is 1. The van der Waals surface area contributed by atoms with Gasteiger partial charge in [-0.15, -0.1) is 0 Å². The van der Waals surface area contributed by atoms with Crippen LogP contribution < -0.4 is 15.6 Å². The van der Waals surface area contributed by atoms with Crippen molar-refractivity contribution in [1.29, 1.82) is 0 Å². The molecule has 0 aliphatic carbocycles. The molecule has 0 aliphatic rings. The maximum Gasteiger partial charge on any atom is 0.294 e. The molecule has 3 rings (SSSR count). The monoisotopic (exact) mass is 415 g/mol. The van der Waals surface area contributed by atoms with Crippen LogP contribution in [0.1, 0.15) is 20.8 Å². The number of para-hydroxylation sites is 1. The molecular formula is C18H17N5O5S. The minimum atomic E-state index is -3.50. The Kier molecular flexibility index (Phi) is 5.50. The highest BCUT2D eigenvalue weighted by molar-refractivity contribution is 7.92. The van der Waals surface area contributed by atoms with Gasteiger partial charge in [-0.25, -0.2) is 13.1 Å². The molecule has 10 nitrogen and oxygen atoms in total. The average Bonchev–Trinajstić information content (AvgIpc) is 3.07. The number of carbonyl (C=O) groups is 2. The molecule has 4 N–H and O–H groups in total. The summed E-state index contributed by atoms with van der Waals surface area (Å²) in [6.07, 6.45) is 2.26. The van der Waals surface area contributed by atoms with Crippen LogP contribution in [-0.2, 0) is 10.0 Å². The molecule has 29 heavy (non-hydrogen) atoms. The first-order valence-corrected chi connectivity index (χ1v) is 10.1. The molecule has 0 saturated carbocycles. The molecule has 2 aromatic carbocycles. The Balaban J connectivity index is 1.67. The van der Waals surface area contributed by atoms with Crippen LogP contribution in [0.25, 0.3) is 5.69 Å². The molecular weight excluding hydrogens is 398 g/mol. The van der Waals surface area contributed by atoms with Crippen LogP contribution in [0.5, 0.6) is 5.75 Å². The molecule has 11 heteroatoms. The lowest BCUT2D eigenvalue weighted by Crippen LogP contribution is -2.41. The van der Waals surface area contributed by atoms with Gasteiger partial charge in [0.2, 0.25) is 10.0 Å². The maximum atomic E-state index is 12.2. The predicted molar refractivity (Wildman–Crippen MR) is 105 cm³/mol. The molecule has 0 spiro atoms. The Labute approximate surface area is 166 Å². The third-order valence-corrected chi connectivity index (χ3v) is 4.25. The van der Waals surface area contributed by atoms with E-state index in [1.165, 1.54) is 35.1 Å². The zero-order valence-electron chi connectivity index (χ0n) is 15.2. The van der Waals surface area contributed by atoms with Gasteiger partial charge in [-0.3, -0.25) is 25.2 Å². The first-order valence-electron chi connectivity index (χ1n) is 8.25. The Hall–Kier alpha value is -3.86. The van der Waals surface area contributed by atoms with Crippen LogP contribution in [-0.4, -0.2) is 41.4 Å². The van der Waals surface area contributed by atoms with Crippen molar-refractivity contribution in [2.24, 2.45) is 0 Å². The number of nitrogens with zero attached hydrogens (tertiary/aromatic N) is 2. The lowest BCUT2D eigenvalue weighted by atomic mass is 10.2. The second kappa shape index (κ2) is 8.02. The Morgan fingerprint density at radius 3 is 2.38 bits per heavy atom. The van der Waals surface area contributed by atoms with Crippen molar-refractivity contribution in [2.75, 3.05) is 11.0 Å². The number of hydrogen-bond donors (Lipinski definition) is 4. The molecule has 1 heterocycles. The topological polar surface area (TPSA) is 142 Å². The summed E-state index contributed by atoms with van der Waals surface area (Å²) in [5.74, 6) is -1.87. The first-order chi connectivity index (χ1) is 13.7. The number of carbonyl (C=O) groups excluding carboxylic acids is 2. The zero-order valence-corrected chi connectivity index (χ0v) is 16.0. The van der Waals surface area contributed by atoms with E-state index in [0.717, 1.165) is 6.26 Å². The van der Waals surface area contributed by atoms with Gasteiger partial charge in [0.15, 0.2) is 11.4 Å². The highest BCUT2D eigenvalue weighted by Gasteiger charge is 2.18. The van der Waals surface area contributed by atoms with E-state index in [4.69, 9.17) is 0 Å². The third kappa shape index (κ3) is 5.11. The van der Waals surface area contributed by atoms with Crippen LogP contribution in [0.3, 0.4) is 0 Å². The molecule has 2 amide bonds. The Bertz CT molecular complexity index is 1160. The summed E-state index contributed by atoms with van der Waals surface area (Å²) in [7, 11) is -3.50. The SMILES string of the molecule is CS(=O)(=O)Nc1cccc(C(=O)NNC(=O)c2nn(-c3ccccc3)cc2O)c1. The third-order valence-electron chi connectivity index (χ3n) is 3.65. The van der Waals surface area contributed by atoms with E-state index in [2.05, 4.69) is 20.7 Å². The van der Waals surface area contributed by atoms with Gasteiger partial charge < -0.3 is 5.11 Å². The van der Waals surface area contributed by atoms with Gasteiger partial charge in [0.05, 0.1) is 18.1 Å². The molecule has 3 aromatic rings. The molecule has 1 aromatic heterocycles. The van der Waals surface area contributed by atoms with Gasteiger partial charge in [0.1, 0.15) is 0 Å². The van der Waals surface area contributed by atoms with E-state index in [9.17, 15) is 23.1 Å². The molecule has 0 saturated heterocycles. The molecule has 0 fully saturated rings. The Morgan fingerprint density at radius 1 is 1.00 bits per heavy atom. The fourth-order valence-corrected chi connectivity index (χ4v) is 2.98. The largest absolute Gasteiger partial charge is 0.504 e. The number of sulfonamides is 1. The fraction of sp³-hybridized carbons (Fsp3) is 0.0556.